The second kappa shape index (κ2) is 5.38. The highest BCUT2D eigenvalue weighted by Gasteiger charge is 2.20. The first-order chi connectivity index (χ1) is 9.33. The molecule has 0 radical (unpaired) electrons. The van der Waals surface area contributed by atoms with Gasteiger partial charge in [0.05, 0.1) is 11.8 Å². The van der Waals surface area contributed by atoms with Crippen molar-refractivity contribution in [3.05, 3.63) is 24.3 Å². The Hall–Kier alpha value is -1.91. The Morgan fingerprint density at radius 1 is 1.11 bits per heavy atom. The summed E-state index contributed by atoms with van der Waals surface area (Å²) in [5.41, 5.74) is 0.660. The Balaban J connectivity index is 1.82. The van der Waals surface area contributed by atoms with Gasteiger partial charge in [-0.1, -0.05) is 30.8 Å². The van der Waals surface area contributed by atoms with Gasteiger partial charge in [-0.25, -0.2) is 0 Å². The Morgan fingerprint density at radius 2 is 1.89 bits per heavy atom. The van der Waals surface area contributed by atoms with Crippen molar-refractivity contribution in [2.75, 3.05) is 0 Å². The Bertz CT molecular complexity index is 545. The van der Waals surface area contributed by atoms with E-state index in [-0.39, 0.29) is 5.75 Å². The molecule has 5 nitrogen and oxygen atoms in total. The summed E-state index contributed by atoms with van der Waals surface area (Å²) in [4.78, 5) is 8.38. The molecule has 1 fully saturated rings. The van der Waals surface area contributed by atoms with Gasteiger partial charge >= 0.3 is 0 Å². The average Bonchev–Trinajstić information content (AvgIpc) is 2.75. The zero-order valence-electron chi connectivity index (χ0n) is 10.7. The number of rotatable bonds is 2. The van der Waals surface area contributed by atoms with E-state index >= 15 is 0 Å². The van der Waals surface area contributed by atoms with Gasteiger partial charge in [0.1, 0.15) is 5.75 Å². The van der Waals surface area contributed by atoms with E-state index in [0.29, 0.717) is 17.4 Å². The van der Waals surface area contributed by atoms with Crippen molar-refractivity contribution < 1.29 is 9.63 Å². The maximum atomic E-state index is 9.41. The molecule has 0 aromatic carbocycles. The van der Waals surface area contributed by atoms with Gasteiger partial charge in [-0.2, -0.15) is 4.98 Å². The summed E-state index contributed by atoms with van der Waals surface area (Å²) in [5, 5.41) is 13.5. The number of aromatic hydroxyl groups is 1. The van der Waals surface area contributed by atoms with E-state index < -0.39 is 0 Å². The fourth-order valence-corrected chi connectivity index (χ4v) is 2.60. The second-order valence-corrected chi connectivity index (χ2v) is 5.08. The van der Waals surface area contributed by atoms with E-state index in [2.05, 4.69) is 15.1 Å². The maximum Gasteiger partial charge on any atom is 0.259 e. The van der Waals surface area contributed by atoms with Gasteiger partial charge in [0.2, 0.25) is 0 Å². The first-order valence-electron chi connectivity index (χ1n) is 6.81. The Kier molecular flexibility index (Phi) is 3.44. The van der Waals surface area contributed by atoms with Crippen LogP contribution in [0.1, 0.15) is 50.3 Å². The van der Waals surface area contributed by atoms with Crippen LogP contribution >= 0.6 is 0 Å². The number of pyridine rings is 1. The molecule has 0 bridgehead atoms. The molecule has 19 heavy (non-hydrogen) atoms. The average molecular weight is 259 g/mol. The third-order valence-electron chi connectivity index (χ3n) is 3.63. The molecule has 0 aliphatic heterocycles. The minimum atomic E-state index is 0.103. The number of hydrogen-bond donors (Lipinski definition) is 1. The van der Waals surface area contributed by atoms with Crippen LogP contribution in [-0.2, 0) is 0 Å². The molecule has 2 aromatic heterocycles. The lowest BCUT2D eigenvalue weighted by Gasteiger charge is -2.07. The van der Waals surface area contributed by atoms with Crippen molar-refractivity contribution >= 4 is 0 Å². The van der Waals surface area contributed by atoms with Crippen LogP contribution in [0.5, 0.6) is 5.75 Å². The fraction of sp³-hybridized carbons (Fsp3) is 0.500. The van der Waals surface area contributed by atoms with Gasteiger partial charge in [-0.05, 0) is 18.9 Å². The zero-order chi connectivity index (χ0) is 13.1. The molecular formula is C14H17N3O2. The van der Waals surface area contributed by atoms with Crippen molar-refractivity contribution in [2.45, 2.75) is 44.4 Å². The monoisotopic (exact) mass is 259 g/mol. The maximum absolute atomic E-state index is 9.41. The third-order valence-corrected chi connectivity index (χ3v) is 3.63. The molecule has 1 N–H and O–H groups in total. The normalized spacial score (nSPS) is 17.3. The molecule has 1 aliphatic rings. The largest absolute Gasteiger partial charge is 0.506 e. The molecule has 1 saturated carbocycles. The SMILES string of the molecule is Oc1cncc(-c2nc(C3CCCCCC3)no2)c1. The molecule has 0 atom stereocenters. The predicted molar refractivity (Wildman–Crippen MR) is 69.6 cm³/mol. The van der Waals surface area contributed by atoms with Crippen LogP contribution in [0.4, 0.5) is 0 Å². The van der Waals surface area contributed by atoms with Crippen LogP contribution in [0.2, 0.25) is 0 Å². The van der Waals surface area contributed by atoms with Crippen molar-refractivity contribution in [1.82, 2.24) is 15.1 Å². The fourth-order valence-electron chi connectivity index (χ4n) is 2.60. The van der Waals surface area contributed by atoms with Gasteiger partial charge < -0.3 is 9.63 Å². The number of aromatic nitrogens is 3. The molecular weight excluding hydrogens is 242 g/mol. The van der Waals surface area contributed by atoms with Gasteiger partial charge in [0.15, 0.2) is 5.82 Å². The third kappa shape index (κ3) is 2.75. The summed E-state index contributed by atoms with van der Waals surface area (Å²) < 4.78 is 5.29. The van der Waals surface area contributed by atoms with Crippen LogP contribution < -0.4 is 0 Å². The van der Waals surface area contributed by atoms with E-state index in [9.17, 15) is 5.11 Å². The van der Waals surface area contributed by atoms with Crippen LogP contribution in [0.15, 0.2) is 23.0 Å². The summed E-state index contributed by atoms with van der Waals surface area (Å²) in [6.45, 7) is 0. The number of hydrogen-bond acceptors (Lipinski definition) is 5. The highest BCUT2D eigenvalue weighted by molar-refractivity contribution is 5.53. The summed E-state index contributed by atoms with van der Waals surface area (Å²) >= 11 is 0. The topological polar surface area (TPSA) is 72.0 Å². The van der Waals surface area contributed by atoms with E-state index in [0.717, 1.165) is 18.7 Å². The van der Waals surface area contributed by atoms with Crippen molar-refractivity contribution in [2.24, 2.45) is 0 Å². The summed E-state index contributed by atoms with van der Waals surface area (Å²) in [6.07, 6.45) is 10.4. The summed E-state index contributed by atoms with van der Waals surface area (Å²) in [7, 11) is 0. The standard InChI is InChI=1S/C14H17N3O2/c18-12-7-11(8-15-9-12)14-16-13(17-19-14)10-5-3-1-2-4-6-10/h7-10,18H,1-6H2. The van der Waals surface area contributed by atoms with E-state index in [4.69, 9.17) is 4.52 Å². The number of nitrogens with zero attached hydrogens (tertiary/aromatic N) is 3. The smallest absolute Gasteiger partial charge is 0.259 e. The molecule has 0 spiro atoms. The Morgan fingerprint density at radius 3 is 2.63 bits per heavy atom. The lowest BCUT2D eigenvalue weighted by Crippen LogP contribution is -1.99. The van der Waals surface area contributed by atoms with Crippen LogP contribution in [0.3, 0.4) is 0 Å². The molecule has 2 aromatic rings. The molecule has 0 saturated heterocycles. The van der Waals surface area contributed by atoms with Gasteiger partial charge in [-0.3, -0.25) is 4.98 Å². The molecule has 0 amide bonds. The molecule has 3 rings (SSSR count). The van der Waals surface area contributed by atoms with Crippen LogP contribution in [0.25, 0.3) is 11.5 Å². The summed E-state index contributed by atoms with van der Waals surface area (Å²) in [5.74, 6) is 1.74. The van der Waals surface area contributed by atoms with Crippen molar-refractivity contribution in [3.8, 4) is 17.2 Å². The van der Waals surface area contributed by atoms with E-state index in [1.807, 2.05) is 0 Å². The second-order valence-electron chi connectivity index (χ2n) is 5.08. The summed E-state index contributed by atoms with van der Waals surface area (Å²) in [6, 6.07) is 1.58. The lowest BCUT2D eigenvalue weighted by atomic mass is 10.00. The van der Waals surface area contributed by atoms with E-state index in [1.54, 1.807) is 12.3 Å². The minimum Gasteiger partial charge on any atom is -0.506 e. The van der Waals surface area contributed by atoms with Gasteiger partial charge in [0, 0.05) is 12.1 Å². The van der Waals surface area contributed by atoms with Gasteiger partial charge in [0.25, 0.3) is 5.89 Å². The van der Waals surface area contributed by atoms with Crippen LogP contribution in [-0.4, -0.2) is 20.2 Å². The van der Waals surface area contributed by atoms with Gasteiger partial charge in [-0.15, -0.1) is 0 Å². The minimum absolute atomic E-state index is 0.103. The van der Waals surface area contributed by atoms with Crippen molar-refractivity contribution in [3.63, 3.8) is 0 Å². The molecule has 0 unspecified atom stereocenters. The van der Waals surface area contributed by atoms with E-state index in [1.165, 1.54) is 31.9 Å². The predicted octanol–water partition coefficient (Wildman–Crippen LogP) is 3.28. The Labute approximate surface area is 111 Å². The zero-order valence-corrected chi connectivity index (χ0v) is 10.7. The highest BCUT2D eigenvalue weighted by Crippen LogP contribution is 2.31. The highest BCUT2D eigenvalue weighted by atomic mass is 16.5. The molecule has 2 heterocycles. The lowest BCUT2D eigenvalue weighted by molar-refractivity contribution is 0.409. The first-order valence-corrected chi connectivity index (χ1v) is 6.81. The molecule has 5 heteroatoms. The quantitative estimate of drug-likeness (QED) is 0.838. The van der Waals surface area contributed by atoms with Crippen LogP contribution in [0, 0.1) is 0 Å². The first kappa shape index (κ1) is 12.1. The molecule has 100 valence electrons. The van der Waals surface area contributed by atoms with Crippen molar-refractivity contribution in [1.29, 1.82) is 0 Å². The molecule has 1 aliphatic carbocycles.